The van der Waals surface area contributed by atoms with Crippen molar-refractivity contribution in [3.8, 4) is 0 Å². The number of hydrogen-bond donors (Lipinski definition) is 0. The van der Waals surface area contributed by atoms with Crippen LogP contribution in [0.1, 0.15) is 22.6 Å². The summed E-state index contributed by atoms with van der Waals surface area (Å²) in [5, 5.41) is 0. The zero-order chi connectivity index (χ0) is 19.9. The van der Waals surface area contributed by atoms with Crippen LogP contribution in [-0.2, 0) is 14.8 Å². The van der Waals surface area contributed by atoms with Gasteiger partial charge < -0.3 is 0 Å². The van der Waals surface area contributed by atoms with Crippen molar-refractivity contribution in [2.45, 2.75) is 21.7 Å². The van der Waals surface area contributed by atoms with Gasteiger partial charge in [0.1, 0.15) is 3.92 Å². The maximum absolute atomic E-state index is 13.4. The van der Waals surface area contributed by atoms with Crippen molar-refractivity contribution in [1.29, 1.82) is 0 Å². The predicted molar refractivity (Wildman–Crippen MR) is 118 cm³/mol. The molecule has 1 amide bonds. The molecule has 0 aliphatic carbocycles. The molecular weight excluding hydrogens is 485 g/mol. The maximum atomic E-state index is 13.4. The topological polar surface area (TPSA) is 54.5 Å². The van der Waals surface area contributed by atoms with Gasteiger partial charge in [0.15, 0.2) is 0 Å². The van der Waals surface area contributed by atoms with E-state index in [4.69, 9.17) is 0 Å². The average molecular weight is 503 g/mol. The zero-order valence-corrected chi connectivity index (χ0v) is 18.1. The Hall–Kier alpha value is -2.19. The number of benzene rings is 3. The lowest BCUT2D eigenvalue weighted by Crippen LogP contribution is -2.47. The fourth-order valence-electron chi connectivity index (χ4n) is 3.54. The Morgan fingerprint density at radius 1 is 0.857 bits per heavy atom. The minimum atomic E-state index is -4.00. The summed E-state index contributed by atoms with van der Waals surface area (Å²) in [6, 6.07) is 23.6. The number of alkyl halides is 1. The minimum Gasteiger partial charge on any atom is -0.272 e. The Balaban J connectivity index is 1.90. The lowest BCUT2D eigenvalue weighted by Gasteiger charge is -2.36. The van der Waals surface area contributed by atoms with Crippen LogP contribution in [-0.4, -0.2) is 18.2 Å². The Kier molecular flexibility index (Phi) is 5.01. The number of rotatable bonds is 3. The molecule has 1 aliphatic rings. The molecule has 4 nitrogen and oxygen atoms in total. The van der Waals surface area contributed by atoms with Gasteiger partial charge in [-0.25, -0.2) is 12.7 Å². The number of para-hydroxylation sites is 1. The average Bonchev–Trinajstić information content (AvgIpc) is 2.70. The summed E-state index contributed by atoms with van der Waals surface area (Å²) in [6.45, 7) is 1.89. The summed E-state index contributed by atoms with van der Waals surface area (Å²) in [5.74, 6) is -0.622. The largest absolute Gasteiger partial charge is 0.272 e. The van der Waals surface area contributed by atoms with Crippen LogP contribution in [0.4, 0.5) is 5.69 Å². The van der Waals surface area contributed by atoms with Crippen molar-refractivity contribution in [2.24, 2.45) is 0 Å². The van der Waals surface area contributed by atoms with E-state index in [1.807, 2.05) is 49.4 Å². The molecule has 4 rings (SSSR count). The van der Waals surface area contributed by atoms with Crippen molar-refractivity contribution in [2.75, 3.05) is 4.31 Å². The normalized spacial score (nSPS) is 19.4. The van der Waals surface area contributed by atoms with Crippen LogP contribution in [0.3, 0.4) is 0 Å². The number of carbonyl (C=O) groups is 1. The molecule has 0 unspecified atom stereocenters. The first-order valence-electron chi connectivity index (χ1n) is 8.85. The van der Waals surface area contributed by atoms with Crippen molar-refractivity contribution in [3.63, 3.8) is 0 Å². The molecule has 0 saturated carbocycles. The van der Waals surface area contributed by atoms with Gasteiger partial charge in [0, 0.05) is 5.92 Å². The fourth-order valence-corrected chi connectivity index (χ4v) is 6.28. The van der Waals surface area contributed by atoms with Gasteiger partial charge in [-0.05, 0) is 36.2 Å². The fraction of sp³-hybridized carbons (Fsp3) is 0.136. The van der Waals surface area contributed by atoms with E-state index in [9.17, 15) is 13.2 Å². The third-order valence-corrected chi connectivity index (χ3v) is 7.91. The standard InChI is InChI=1S/C22H18INO3S/c1-15-11-13-17(14-12-15)28(26,27)24-19-10-6-5-9-18(19)20(21(23)22(24)25)16-7-3-2-4-8-16/h2-14,20-21H,1H3/t20-,21+/m1/s1. The van der Waals surface area contributed by atoms with Gasteiger partial charge in [-0.15, -0.1) is 0 Å². The number of nitrogens with zero attached hydrogens (tertiary/aromatic N) is 1. The Morgan fingerprint density at radius 3 is 2.14 bits per heavy atom. The number of fused-ring (bicyclic) bond motifs is 1. The van der Waals surface area contributed by atoms with E-state index in [0.29, 0.717) is 5.69 Å². The molecule has 142 valence electrons. The molecule has 0 fully saturated rings. The summed E-state index contributed by atoms with van der Waals surface area (Å²) in [5.41, 5.74) is 3.22. The molecule has 0 aromatic heterocycles. The summed E-state index contributed by atoms with van der Waals surface area (Å²) in [6.07, 6.45) is 0. The number of halogens is 1. The third kappa shape index (κ3) is 3.14. The molecular formula is C22H18INO3S. The minimum absolute atomic E-state index is 0.114. The van der Waals surface area contributed by atoms with E-state index in [2.05, 4.69) is 22.6 Å². The smallest absolute Gasteiger partial charge is 0.270 e. The van der Waals surface area contributed by atoms with Gasteiger partial charge >= 0.3 is 0 Å². The van der Waals surface area contributed by atoms with Crippen LogP contribution in [0.15, 0.2) is 83.8 Å². The van der Waals surface area contributed by atoms with Crippen LogP contribution in [0.5, 0.6) is 0 Å². The highest BCUT2D eigenvalue weighted by molar-refractivity contribution is 14.1. The first-order chi connectivity index (χ1) is 13.4. The highest BCUT2D eigenvalue weighted by Gasteiger charge is 2.44. The van der Waals surface area contributed by atoms with Crippen molar-refractivity contribution in [3.05, 3.63) is 95.6 Å². The summed E-state index contributed by atoms with van der Waals surface area (Å²) in [4.78, 5) is 13.4. The third-order valence-electron chi connectivity index (χ3n) is 4.94. The van der Waals surface area contributed by atoms with E-state index >= 15 is 0 Å². The van der Waals surface area contributed by atoms with E-state index in [1.54, 1.807) is 36.4 Å². The molecule has 0 radical (unpaired) electrons. The van der Waals surface area contributed by atoms with Crippen molar-refractivity contribution < 1.29 is 13.2 Å². The van der Waals surface area contributed by atoms with Gasteiger partial charge in [0.05, 0.1) is 10.6 Å². The van der Waals surface area contributed by atoms with Crippen LogP contribution >= 0.6 is 22.6 Å². The van der Waals surface area contributed by atoms with Gasteiger partial charge in [-0.3, -0.25) is 4.79 Å². The molecule has 1 heterocycles. The maximum Gasteiger partial charge on any atom is 0.270 e. The summed E-state index contributed by atoms with van der Waals surface area (Å²) >= 11 is 2.07. The molecule has 28 heavy (non-hydrogen) atoms. The van der Waals surface area contributed by atoms with Crippen LogP contribution in [0, 0.1) is 6.92 Å². The van der Waals surface area contributed by atoms with E-state index < -0.39 is 19.9 Å². The lowest BCUT2D eigenvalue weighted by atomic mass is 9.85. The molecule has 3 aromatic carbocycles. The Labute approximate surface area is 178 Å². The van der Waals surface area contributed by atoms with Gasteiger partial charge in [0.25, 0.3) is 15.9 Å². The molecule has 0 saturated heterocycles. The molecule has 0 spiro atoms. The number of anilines is 1. The summed E-state index contributed by atoms with van der Waals surface area (Å²) in [7, 11) is -4.00. The van der Waals surface area contributed by atoms with Gasteiger partial charge in [-0.2, -0.15) is 0 Å². The second-order valence-electron chi connectivity index (χ2n) is 6.77. The lowest BCUT2D eigenvalue weighted by molar-refractivity contribution is -0.117. The number of carbonyl (C=O) groups excluding carboxylic acids is 1. The number of amides is 1. The molecule has 0 N–H and O–H groups in total. The van der Waals surface area contributed by atoms with Crippen LogP contribution < -0.4 is 4.31 Å². The van der Waals surface area contributed by atoms with Crippen LogP contribution in [0.25, 0.3) is 0 Å². The number of aryl methyl sites for hydroxylation is 1. The highest BCUT2D eigenvalue weighted by atomic mass is 127. The van der Waals surface area contributed by atoms with Crippen LogP contribution in [0.2, 0.25) is 0 Å². The molecule has 1 aliphatic heterocycles. The SMILES string of the molecule is Cc1ccc(S(=O)(=O)N2C(=O)[C@@H](I)[C@H](c3ccccc3)c3ccccc32)cc1. The van der Waals surface area contributed by atoms with Crippen molar-refractivity contribution >= 4 is 44.2 Å². The molecule has 3 aromatic rings. The van der Waals surface area contributed by atoms with E-state index in [1.165, 1.54) is 0 Å². The quantitative estimate of drug-likeness (QED) is 0.386. The molecule has 2 atom stereocenters. The van der Waals surface area contributed by atoms with Gasteiger partial charge in [-0.1, -0.05) is 88.8 Å². The van der Waals surface area contributed by atoms with E-state index in [0.717, 1.165) is 21.0 Å². The first-order valence-corrected chi connectivity index (χ1v) is 11.5. The monoisotopic (exact) mass is 503 g/mol. The summed E-state index contributed by atoms with van der Waals surface area (Å²) < 4.78 is 27.2. The van der Waals surface area contributed by atoms with Gasteiger partial charge in [0.2, 0.25) is 0 Å². The number of sulfonamides is 1. The first kappa shape index (κ1) is 19.1. The predicted octanol–water partition coefficient (Wildman–Crippen LogP) is 4.67. The number of hydrogen-bond acceptors (Lipinski definition) is 3. The second kappa shape index (κ2) is 7.33. The van der Waals surface area contributed by atoms with Crippen molar-refractivity contribution in [1.82, 2.24) is 0 Å². The molecule has 0 bridgehead atoms. The zero-order valence-electron chi connectivity index (χ0n) is 15.1. The highest BCUT2D eigenvalue weighted by Crippen LogP contribution is 2.45. The Morgan fingerprint density at radius 2 is 1.46 bits per heavy atom. The second-order valence-corrected chi connectivity index (χ2v) is 9.90. The molecule has 6 heteroatoms. The van der Waals surface area contributed by atoms with E-state index in [-0.39, 0.29) is 10.8 Å². The Bertz CT molecular complexity index is 1130.